The molecule has 0 spiro atoms. The fourth-order valence-corrected chi connectivity index (χ4v) is 2.85. The van der Waals surface area contributed by atoms with Crippen LogP contribution in [0.3, 0.4) is 0 Å². The van der Waals surface area contributed by atoms with Gasteiger partial charge in [0.05, 0.1) is 29.4 Å². The van der Waals surface area contributed by atoms with E-state index < -0.39 is 17.8 Å². The highest BCUT2D eigenvalue weighted by atomic mass is 19.1. The van der Waals surface area contributed by atoms with Crippen molar-refractivity contribution >= 4 is 28.5 Å². The highest BCUT2D eigenvalue weighted by Crippen LogP contribution is 2.24. The van der Waals surface area contributed by atoms with E-state index in [9.17, 15) is 14.0 Å². The molecule has 0 saturated heterocycles. The number of nitrogens with two attached hydrogens (primary N) is 1. The summed E-state index contributed by atoms with van der Waals surface area (Å²) in [5.74, 6) is -1.86. The zero-order chi connectivity index (χ0) is 19.6. The topological polar surface area (TPSA) is 91.5 Å². The maximum Gasteiger partial charge on any atom is 0.340 e. The SMILES string of the molecule is COC(=O)c1c(COC(=O)c2ccc(F)cc2N)nc2ccccc2c1C. The Morgan fingerprint density at radius 2 is 1.89 bits per heavy atom. The van der Waals surface area contributed by atoms with Gasteiger partial charge in [-0.15, -0.1) is 0 Å². The summed E-state index contributed by atoms with van der Waals surface area (Å²) in [6.45, 7) is 1.52. The molecule has 0 fully saturated rings. The first-order valence-corrected chi connectivity index (χ1v) is 8.11. The van der Waals surface area contributed by atoms with Crippen LogP contribution in [0.4, 0.5) is 10.1 Å². The number of rotatable bonds is 4. The number of anilines is 1. The number of nitrogens with zero attached hydrogens (tertiary/aromatic N) is 1. The molecule has 0 bridgehead atoms. The van der Waals surface area contributed by atoms with Gasteiger partial charge in [-0.1, -0.05) is 18.2 Å². The molecule has 3 aromatic rings. The second-order valence-corrected chi connectivity index (χ2v) is 5.87. The number of para-hydroxylation sites is 1. The molecule has 0 aliphatic heterocycles. The molecular formula is C20H17FN2O4. The fourth-order valence-electron chi connectivity index (χ4n) is 2.85. The standard InChI is InChI=1S/C20H17FN2O4/c1-11-13-5-3-4-6-16(13)23-17(18(11)20(25)26-2)10-27-19(24)14-8-7-12(21)9-15(14)22/h3-9H,10,22H2,1-2H3. The quantitative estimate of drug-likeness (QED) is 0.560. The van der Waals surface area contributed by atoms with Gasteiger partial charge in [-0.05, 0) is 36.8 Å². The van der Waals surface area contributed by atoms with Crippen LogP contribution in [0.25, 0.3) is 10.9 Å². The van der Waals surface area contributed by atoms with Gasteiger partial charge in [-0.2, -0.15) is 0 Å². The fraction of sp³-hybridized carbons (Fsp3) is 0.150. The summed E-state index contributed by atoms with van der Waals surface area (Å²) in [5, 5.41) is 0.802. The van der Waals surface area contributed by atoms with Crippen molar-refractivity contribution in [3.8, 4) is 0 Å². The molecule has 0 saturated carbocycles. The lowest BCUT2D eigenvalue weighted by Crippen LogP contribution is -2.14. The Morgan fingerprint density at radius 1 is 1.15 bits per heavy atom. The minimum Gasteiger partial charge on any atom is -0.465 e. The Morgan fingerprint density at radius 3 is 2.59 bits per heavy atom. The van der Waals surface area contributed by atoms with Gasteiger partial charge in [-0.25, -0.2) is 19.0 Å². The Hall–Kier alpha value is -3.48. The number of ether oxygens (including phenoxy) is 2. The van der Waals surface area contributed by atoms with Crippen molar-refractivity contribution in [1.82, 2.24) is 4.98 Å². The van der Waals surface area contributed by atoms with Crippen molar-refractivity contribution < 1.29 is 23.5 Å². The molecule has 1 heterocycles. The second kappa shape index (κ2) is 7.41. The number of hydrogen-bond acceptors (Lipinski definition) is 6. The molecule has 7 heteroatoms. The van der Waals surface area contributed by atoms with Crippen molar-refractivity contribution in [3.63, 3.8) is 0 Å². The normalized spacial score (nSPS) is 10.6. The molecule has 0 aliphatic rings. The molecule has 2 N–H and O–H groups in total. The molecule has 6 nitrogen and oxygen atoms in total. The van der Waals surface area contributed by atoms with E-state index in [-0.39, 0.29) is 29.1 Å². The predicted molar refractivity (Wildman–Crippen MR) is 97.8 cm³/mol. The second-order valence-electron chi connectivity index (χ2n) is 5.87. The molecule has 27 heavy (non-hydrogen) atoms. The van der Waals surface area contributed by atoms with Gasteiger partial charge in [0, 0.05) is 11.1 Å². The van der Waals surface area contributed by atoms with E-state index in [4.69, 9.17) is 15.2 Å². The van der Waals surface area contributed by atoms with Crippen LogP contribution < -0.4 is 5.73 Å². The number of fused-ring (bicyclic) bond motifs is 1. The monoisotopic (exact) mass is 368 g/mol. The van der Waals surface area contributed by atoms with Crippen LogP contribution >= 0.6 is 0 Å². The van der Waals surface area contributed by atoms with Crippen molar-refractivity contribution in [2.24, 2.45) is 0 Å². The van der Waals surface area contributed by atoms with E-state index in [1.54, 1.807) is 13.0 Å². The molecule has 3 rings (SSSR count). The van der Waals surface area contributed by atoms with Crippen LogP contribution in [0.15, 0.2) is 42.5 Å². The third-order valence-corrected chi connectivity index (χ3v) is 4.19. The molecule has 2 aromatic carbocycles. The van der Waals surface area contributed by atoms with Gasteiger partial charge in [0.15, 0.2) is 0 Å². The van der Waals surface area contributed by atoms with Crippen LogP contribution in [0.2, 0.25) is 0 Å². The molecular weight excluding hydrogens is 351 g/mol. The number of nitrogen functional groups attached to an aromatic ring is 1. The van der Waals surface area contributed by atoms with Crippen LogP contribution in [0.5, 0.6) is 0 Å². The summed E-state index contributed by atoms with van der Waals surface area (Å²) >= 11 is 0. The van der Waals surface area contributed by atoms with E-state index in [0.29, 0.717) is 11.1 Å². The van der Waals surface area contributed by atoms with Crippen molar-refractivity contribution in [2.45, 2.75) is 13.5 Å². The van der Waals surface area contributed by atoms with E-state index in [1.165, 1.54) is 13.2 Å². The lowest BCUT2D eigenvalue weighted by molar-refractivity contribution is 0.0456. The number of aromatic nitrogens is 1. The van der Waals surface area contributed by atoms with Crippen molar-refractivity contribution in [1.29, 1.82) is 0 Å². The highest BCUT2D eigenvalue weighted by Gasteiger charge is 2.21. The maximum atomic E-state index is 13.1. The van der Waals surface area contributed by atoms with Crippen LogP contribution in [-0.4, -0.2) is 24.0 Å². The lowest BCUT2D eigenvalue weighted by atomic mass is 10.0. The maximum absolute atomic E-state index is 13.1. The van der Waals surface area contributed by atoms with Gasteiger partial charge >= 0.3 is 11.9 Å². The van der Waals surface area contributed by atoms with Gasteiger partial charge in [0.1, 0.15) is 12.4 Å². The summed E-state index contributed by atoms with van der Waals surface area (Å²) < 4.78 is 23.3. The first-order chi connectivity index (χ1) is 12.9. The Bertz CT molecular complexity index is 1050. The first-order valence-electron chi connectivity index (χ1n) is 8.11. The van der Waals surface area contributed by atoms with E-state index in [2.05, 4.69) is 4.98 Å². The summed E-state index contributed by atoms with van der Waals surface area (Å²) in [6, 6.07) is 10.7. The zero-order valence-corrected chi connectivity index (χ0v) is 14.8. The van der Waals surface area contributed by atoms with Crippen molar-refractivity contribution in [2.75, 3.05) is 12.8 Å². The summed E-state index contributed by atoms with van der Waals surface area (Å²) in [6.07, 6.45) is 0. The average Bonchev–Trinajstić information content (AvgIpc) is 2.65. The number of carbonyl (C=O) groups excluding carboxylic acids is 2. The summed E-state index contributed by atoms with van der Waals surface area (Å²) in [7, 11) is 1.27. The molecule has 138 valence electrons. The van der Waals surface area contributed by atoms with Gasteiger partial charge < -0.3 is 15.2 Å². The average molecular weight is 368 g/mol. The van der Waals surface area contributed by atoms with E-state index >= 15 is 0 Å². The lowest BCUT2D eigenvalue weighted by Gasteiger charge is -2.14. The highest BCUT2D eigenvalue weighted by molar-refractivity contribution is 5.98. The number of halogens is 1. The smallest absolute Gasteiger partial charge is 0.340 e. The minimum atomic E-state index is -0.740. The number of benzene rings is 2. The molecule has 0 atom stereocenters. The summed E-state index contributed by atoms with van der Waals surface area (Å²) in [4.78, 5) is 29.0. The molecule has 1 aromatic heterocycles. The van der Waals surface area contributed by atoms with Crippen LogP contribution in [0.1, 0.15) is 32.0 Å². The predicted octanol–water partition coefficient (Wildman–Crippen LogP) is 3.41. The first kappa shape index (κ1) is 18.3. The summed E-state index contributed by atoms with van der Waals surface area (Å²) in [5.41, 5.74) is 7.52. The molecule has 0 radical (unpaired) electrons. The number of pyridine rings is 1. The van der Waals surface area contributed by atoms with Gasteiger partial charge in [-0.3, -0.25) is 0 Å². The van der Waals surface area contributed by atoms with Gasteiger partial charge in [0.2, 0.25) is 0 Å². The van der Waals surface area contributed by atoms with E-state index in [1.807, 2.05) is 18.2 Å². The number of esters is 2. The molecule has 0 aliphatic carbocycles. The van der Waals surface area contributed by atoms with E-state index in [0.717, 1.165) is 17.5 Å². The van der Waals surface area contributed by atoms with Crippen molar-refractivity contribution in [3.05, 3.63) is 70.7 Å². The number of carbonyl (C=O) groups is 2. The van der Waals surface area contributed by atoms with Crippen LogP contribution in [0, 0.1) is 12.7 Å². The Labute approximate surface area is 154 Å². The van der Waals surface area contributed by atoms with Crippen LogP contribution in [-0.2, 0) is 16.1 Å². The number of hydrogen-bond donors (Lipinski definition) is 1. The number of aryl methyl sites for hydroxylation is 1. The molecule has 0 unspecified atom stereocenters. The third kappa shape index (κ3) is 3.57. The van der Waals surface area contributed by atoms with Gasteiger partial charge in [0.25, 0.3) is 0 Å². The largest absolute Gasteiger partial charge is 0.465 e. The Kier molecular flexibility index (Phi) is 5.03. The third-order valence-electron chi connectivity index (χ3n) is 4.19. The number of methoxy groups -OCH3 is 1. The molecule has 0 amide bonds. The Balaban J connectivity index is 1.96. The zero-order valence-electron chi connectivity index (χ0n) is 14.8. The minimum absolute atomic E-state index is 0.0316.